The first kappa shape index (κ1) is 16.2. The van der Waals surface area contributed by atoms with E-state index in [0.717, 1.165) is 19.3 Å². The van der Waals surface area contributed by atoms with Crippen LogP contribution in [0.25, 0.3) is 0 Å². The average Bonchev–Trinajstić information content (AvgIpc) is 3.17. The van der Waals surface area contributed by atoms with Crippen molar-refractivity contribution >= 4 is 11.8 Å². The Morgan fingerprint density at radius 1 is 1.24 bits per heavy atom. The summed E-state index contributed by atoms with van der Waals surface area (Å²) in [5, 5.41) is 3.05. The third-order valence-corrected chi connectivity index (χ3v) is 5.21. The van der Waals surface area contributed by atoms with E-state index in [4.69, 9.17) is 15.2 Å². The van der Waals surface area contributed by atoms with Crippen LogP contribution in [-0.4, -0.2) is 48.7 Å². The molecule has 7 nitrogen and oxygen atoms in total. The number of hydrogen-bond donors (Lipinski definition) is 2. The lowest BCUT2D eigenvalue weighted by Crippen LogP contribution is -2.51. The molecular formula is C18H23N3O4. The van der Waals surface area contributed by atoms with Gasteiger partial charge in [-0.15, -0.1) is 0 Å². The topological polar surface area (TPSA) is 93.9 Å². The number of nitrogens with one attached hydrogen (secondary N) is 1. The van der Waals surface area contributed by atoms with Crippen LogP contribution in [0.4, 0.5) is 0 Å². The molecule has 1 saturated carbocycles. The molecule has 3 aliphatic rings. The molecule has 1 aromatic rings. The van der Waals surface area contributed by atoms with E-state index in [1.165, 1.54) is 0 Å². The summed E-state index contributed by atoms with van der Waals surface area (Å²) in [7, 11) is 0. The molecule has 0 aromatic heterocycles. The Morgan fingerprint density at radius 2 is 2.04 bits per heavy atom. The Bertz CT molecular complexity index is 689. The van der Waals surface area contributed by atoms with Crippen molar-refractivity contribution in [2.45, 2.75) is 37.8 Å². The van der Waals surface area contributed by atoms with Gasteiger partial charge in [-0.2, -0.15) is 0 Å². The molecular weight excluding hydrogens is 322 g/mol. The zero-order chi connectivity index (χ0) is 17.4. The maximum absolute atomic E-state index is 12.9. The highest BCUT2D eigenvalue weighted by Gasteiger charge is 2.38. The number of nitrogens with two attached hydrogens (primary N) is 1. The summed E-state index contributed by atoms with van der Waals surface area (Å²) in [5.74, 6) is 1.47. The molecule has 3 N–H and O–H groups in total. The zero-order valence-corrected chi connectivity index (χ0v) is 14.1. The smallest absolute Gasteiger partial charge is 0.254 e. The first-order valence-electron chi connectivity index (χ1n) is 8.88. The number of carbonyl (C=O) groups excluding carboxylic acids is 2. The Morgan fingerprint density at radius 3 is 2.80 bits per heavy atom. The Kier molecular flexibility index (Phi) is 4.25. The monoisotopic (exact) mass is 345 g/mol. The van der Waals surface area contributed by atoms with E-state index in [2.05, 4.69) is 5.32 Å². The third kappa shape index (κ3) is 3.16. The van der Waals surface area contributed by atoms with Crippen LogP contribution in [0.1, 0.15) is 36.0 Å². The lowest BCUT2D eigenvalue weighted by molar-refractivity contribution is -0.125. The van der Waals surface area contributed by atoms with Crippen molar-refractivity contribution in [1.29, 1.82) is 0 Å². The third-order valence-electron chi connectivity index (χ3n) is 5.21. The number of amides is 2. The maximum Gasteiger partial charge on any atom is 0.254 e. The molecule has 1 aromatic carbocycles. The minimum absolute atomic E-state index is 0.0237. The Hall–Kier alpha value is -2.28. The predicted molar refractivity (Wildman–Crippen MR) is 90.3 cm³/mol. The highest BCUT2D eigenvalue weighted by molar-refractivity contribution is 5.98. The van der Waals surface area contributed by atoms with Gasteiger partial charge in [0.1, 0.15) is 6.04 Å². The Balaban J connectivity index is 1.46. The number of hydrogen-bond acceptors (Lipinski definition) is 5. The lowest BCUT2D eigenvalue weighted by Gasteiger charge is -2.26. The molecule has 0 spiro atoms. The van der Waals surface area contributed by atoms with Crippen molar-refractivity contribution in [2.24, 2.45) is 11.7 Å². The van der Waals surface area contributed by atoms with Crippen molar-refractivity contribution in [2.75, 3.05) is 19.9 Å². The minimum Gasteiger partial charge on any atom is -0.454 e. The van der Waals surface area contributed by atoms with Gasteiger partial charge in [-0.25, -0.2) is 0 Å². The number of likely N-dealkylation sites (tertiary alicyclic amines) is 1. The van der Waals surface area contributed by atoms with E-state index in [1.807, 2.05) is 0 Å². The van der Waals surface area contributed by atoms with Crippen LogP contribution >= 0.6 is 0 Å². The van der Waals surface area contributed by atoms with E-state index < -0.39 is 6.04 Å². The van der Waals surface area contributed by atoms with Crippen LogP contribution in [0.2, 0.25) is 0 Å². The molecule has 1 saturated heterocycles. The van der Waals surface area contributed by atoms with Gasteiger partial charge in [0, 0.05) is 24.7 Å². The SMILES string of the molecule is NCC(NC(=O)C1CCCN1C(=O)c1ccc2c(c1)OCO2)C1CC1. The minimum atomic E-state index is -0.425. The van der Waals surface area contributed by atoms with Crippen LogP contribution in [-0.2, 0) is 4.79 Å². The van der Waals surface area contributed by atoms with Crippen LogP contribution in [0, 0.1) is 5.92 Å². The number of rotatable bonds is 5. The molecule has 2 atom stereocenters. The molecule has 2 heterocycles. The molecule has 7 heteroatoms. The van der Waals surface area contributed by atoms with Crippen molar-refractivity contribution in [3.05, 3.63) is 23.8 Å². The van der Waals surface area contributed by atoms with E-state index in [-0.39, 0.29) is 24.6 Å². The summed E-state index contributed by atoms with van der Waals surface area (Å²) in [6.45, 7) is 1.20. The summed E-state index contributed by atoms with van der Waals surface area (Å²) < 4.78 is 10.6. The Labute approximate surface area is 146 Å². The van der Waals surface area contributed by atoms with Gasteiger partial charge in [-0.1, -0.05) is 0 Å². The fraction of sp³-hybridized carbons (Fsp3) is 0.556. The lowest BCUT2D eigenvalue weighted by atomic mass is 10.1. The normalized spacial score (nSPS) is 22.8. The summed E-state index contributed by atoms with van der Waals surface area (Å²) in [4.78, 5) is 27.2. The number of benzene rings is 1. The molecule has 1 aliphatic carbocycles. The average molecular weight is 345 g/mol. The maximum atomic E-state index is 12.9. The molecule has 25 heavy (non-hydrogen) atoms. The summed E-state index contributed by atoms with van der Waals surface area (Å²) in [6, 6.07) is 4.74. The van der Waals surface area contributed by atoms with Crippen LogP contribution < -0.4 is 20.5 Å². The van der Waals surface area contributed by atoms with Crippen LogP contribution in [0.3, 0.4) is 0 Å². The number of nitrogens with zero attached hydrogens (tertiary/aromatic N) is 1. The number of fused-ring (bicyclic) bond motifs is 1. The van der Waals surface area contributed by atoms with Crippen LogP contribution in [0.15, 0.2) is 18.2 Å². The van der Waals surface area contributed by atoms with Gasteiger partial charge in [0.25, 0.3) is 5.91 Å². The van der Waals surface area contributed by atoms with Crippen molar-refractivity contribution in [1.82, 2.24) is 10.2 Å². The summed E-state index contributed by atoms with van der Waals surface area (Å²) in [5.41, 5.74) is 6.29. The number of carbonyl (C=O) groups is 2. The highest BCUT2D eigenvalue weighted by atomic mass is 16.7. The second-order valence-corrected chi connectivity index (χ2v) is 6.91. The largest absolute Gasteiger partial charge is 0.454 e. The quantitative estimate of drug-likeness (QED) is 0.826. The van der Waals surface area contributed by atoms with Crippen molar-refractivity contribution in [3.63, 3.8) is 0 Å². The molecule has 134 valence electrons. The van der Waals surface area contributed by atoms with Gasteiger partial charge in [-0.3, -0.25) is 9.59 Å². The van der Waals surface area contributed by atoms with Gasteiger partial charge >= 0.3 is 0 Å². The molecule has 0 radical (unpaired) electrons. The molecule has 2 fully saturated rings. The van der Waals surface area contributed by atoms with Gasteiger partial charge < -0.3 is 25.4 Å². The van der Waals surface area contributed by atoms with Crippen LogP contribution in [0.5, 0.6) is 11.5 Å². The van der Waals surface area contributed by atoms with Gasteiger partial charge in [0.05, 0.1) is 0 Å². The number of ether oxygens (including phenoxy) is 2. The summed E-state index contributed by atoms with van der Waals surface area (Å²) >= 11 is 0. The van der Waals surface area contributed by atoms with Gasteiger partial charge in [0.2, 0.25) is 12.7 Å². The molecule has 2 unspecified atom stereocenters. The predicted octanol–water partition coefficient (Wildman–Crippen LogP) is 0.873. The van der Waals surface area contributed by atoms with Crippen molar-refractivity contribution < 1.29 is 19.1 Å². The zero-order valence-electron chi connectivity index (χ0n) is 14.1. The highest BCUT2D eigenvalue weighted by Crippen LogP contribution is 2.34. The fourth-order valence-electron chi connectivity index (χ4n) is 3.62. The van der Waals surface area contributed by atoms with E-state index in [1.54, 1.807) is 23.1 Å². The fourth-order valence-corrected chi connectivity index (χ4v) is 3.62. The van der Waals surface area contributed by atoms with Crippen molar-refractivity contribution in [3.8, 4) is 11.5 Å². The van der Waals surface area contributed by atoms with E-state index in [0.29, 0.717) is 42.5 Å². The van der Waals surface area contributed by atoms with Gasteiger partial charge in [0.15, 0.2) is 11.5 Å². The standard InChI is InChI=1S/C18H23N3O4/c19-9-13(11-3-4-11)20-17(22)14-2-1-7-21(14)18(23)12-5-6-15-16(8-12)25-10-24-15/h5-6,8,11,13-14H,1-4,7,9-10,19H2,(H,20,22). The molecule has 2 aliphatic heterocycles. The molecule has 0 bridgehead atoms. The second-order valence-electron chi connectivity index (χ2n) is 6.91. The first-order valence-corrected chi connectivity index (χ1v) is 8.88. The van der Waals surface area contributed by atoms with E-state index >= 15 is 0 Å². The molecule has 4 rings (SSSR count). The second kappa shape index (κ2) is 6.55. The van der Waals surface area contributed by atoms with Gasteiger partial charge in [-0.05, 0) is 49.8 Å². The molecule has 2 amide bonds. The summed E-state index contributed by atoms with van der Waals surface area (Å²) in [6.07, 6.45) is 3.74. The first-order chi connectivity index (χ1) is 12.2. The van der Waals surface area contributed by atoms with E-state index in [9.17, 15) is 9.59 Å².